The van der Waals surface area contributed by atoms with E-state index in [0.29, 0.717) is 23.8 Å². The van der Waals surface area contributed by atoms with E-state index in [1.807, 2.05) is 30.3 Å². The van der Waals surface area contributed by atoms with Crippen LogP contribution in [0.2, 0.25) is 0 Å². The average Bonchev–Trinajstić information content (AvgIpc) is 2.62. The lowest BCUT2D eigenvalue weighted by Crippen LogP contribution is -2.19. The van der Waals surface area contributed by atoms with Gasteiger partial charge in [0.05, 0.1) is 27.4 Å². The highest BCUT2D eigenvalue weighted by atomic mass is 16.5. The van der Waals surface area contributed by atoms with E-state index in [-0.39, 0.29) is 0 Å². The monoisotopic (exact) mass is 312 g/mol. The fourth-order valence-electron chi connectivity index (χ4n) is 2.32. The molecule has 0 aliphatic rings. The lowest BCUT2D eigenvalue weighted by atomic mass is 10.1. The van der Waals surface area contributed by atoms with Gasteiger partial charge in [0.15, 0.2) is 11.5 Å². The molecular formula is C18H20N2O3. The molecule has 0 aliphatic heterocycles. The molecule has 1 atom stereocenters. The quantitative estimate of drug-likeness (QED) is 0.851. The van der Waals surface area contributed by atoms with Gasteiger partial charge in [-0.1, -0.05) is 30.3 Å². The number of benzene rings is 2. The number of rotatable bonds is 7. The van der Waals surface area contributed by atoms with Crippen LogP contribution < -0.4 is 19.5 Å². The number of hydrogen-bond donors (Lipinski definition) is 1. The zero-order chi connectivity index (χ0) is 16.7. The Balaban J connectivity index is 2.25. The summed E-state index contributed by atoms with van der Waals surface area (Å²) in [5, 5.41) is 12.7. The van der Waals surface area contributed by atoms with Gasteiger partial charge in [-0.25, -0.2) is 0 Å². The summed E-state index contributed by atoms with van der Waals surface area (Å²) in [6.45, 7) is 0.593. The van der Waals surface area contributed by atoms with Gasteiger partial charge < -0.3 is 14.2 Å². The van der Waals surface area contributed by atoms with Crippen molar-refractivity contribution in [2.45, 2.75) is 12.6 Å². The van der Waals surface area contributed by atoms with E-state index in [0.717, 1.165) is 11.1 Å². The molecule has 0 heterocycles. The third kappa shape index (κ3) is 3.93. The van der Waals surface area contributed by atoms with Gasteiger partial charge in [-0.3, -0.25) is 5.32 Å². The Morgan fingerprint density at radius 2 is 1.61 bits per heavy atom. The van der Waals surface area contributed by atoms with E-state index in [1.165, 1.54) is 0 Å². The second kappa shape index (κ2) is 8.06. The fraction of sp³-hybridized carbons (Fsp3) is 0.278. The van der Waals surface area contributed by atoms with Crippen LogP contribution in [0.4, 0.5) is 0 Å². The maximum Gasteiger partial charge on any atom is 0.203 e. The second-order valence-corrected chi connectivity index (χ2v) is 4.89. The van der Waals surface area contributed by atoms with Crippen molar-refractivity contribution in [3.05, 3.63) is 53.6 Å². The van der Waals surface area contributed by atoms with Crippen molar-refractivity contribution in [2.75, 3.05) is 21.3 Å². The maximum absolute atomic E-state index is 9.49. The molecule has 0 radical (unpaired) electrons. The summed E-state index contributed by atoms with van der Waals surface area (Å²) in [7, 11) is 4.66. The lowest BCUT2D eigenvalue weighted by molar-refractivity contribution is 0.323. The topological polar surface area (TPSA) is 63.5 Å². The van der Waals surface area contributed by atoms with Crippen molar-refractivity contribution in [1.29, 1.82) is 5.26 Å². The summed E-state index contributed by atoms with van der Waals surface area (Å²) in [6, 6.07) is 15.3. The molecule has 0 saturated heterocycles. The molecule has 0 unspecified atom stereocenters. The molecule has 5 heteroatoms. The first-order valence-electron chi connectivity index (χ1n) is 7.20. The van der Waals surface area contributed by atoms with Gasteiger partial charge in [0.25, 0.3) is 0 Å². The molecule has 1 N–H and O–H groups in total. The summed E-state index contributed by atoms with van der Waals surface area (Å²) in [4.78, 5) is 0. The molecule has 0 aliphatic carbocycles. The molecule has 0 aromatic heterocycles. The summed E-state index contributed by atoms with van der Waals surface area (Å²) < 4.78 is 16.0. The van der Waals surface area contributed by atoms with E-state index in [2.05, 4.69) is 11.4 Å². The second-order valence-electron chi connectivity index (χ2n) is 4.89. The minimum atomic E-state index is -0.482. The molecule has 0 bridgehead atoms. The Morgan fingerprint density at radius 1 is 1.00 bits per heavy atom. The number of nitrogens with zero attached hydrogens (tertiary/aromatic N) is 1. The van der Waals surface area contributed by atoms with Crippen LogP contribution in [0.15, 0.2) is 42.5 Å². The van der Waals surface area contributed by atoms with Crippen LogP contribution in [0.5, 0.6) is 17.2 Å². The molecule has 120 valence electrons. The lowest BCUT2D eigenvalue weighted by Gasteiger charge is -2.17. The van der Waals surface area contributed by atoms with Gasteiger partial charge in [-0.15, -0.1) is 0 Å². The Kier molecular flexibility index (Phi) is 5.84. The summed E-state index contributed by atoms with van der Waals surface area (Å²) in [5.41, 5.74) is 1.87. The first-order chi connectivity index (χ1) is 11.2. The summed E-state index contributed by atoms with van der Waals surface area (Å²) in [5.74, 6) is 1.57. The van der Waals surface area contributed by atoms with Crippen molar-refractivity contribution < 1.29 is 14.2 Å². The summed E-state index contributed by atoms with van der Waals surface area (Å²) in [6.07, 6.45) is 0. The molecular weight excluding hydrogens is 292 g/mol. The first-order valence-corrected chi connectivity index (χ1v) is 7.20. The van der Waals surface area contributed by atoms with Crippen LogP contribution in [0, 0.1) is 11.3 Å². The molecule has 2 rings (SSSR count). The zero-order valence-electron chi connectivity index (χ0n) is 13.5. The molecule has 0 saturated carbocycles. The Labute approximate surface area is 136 Å². The predicted octanol–water partition coefficient (Wildman–Crippen LogP) is 3.07. The molecule has 0 amide bonds. The maximum atomic E-state index is 9.49. The van der Waals surface area contributed by atoms with Crippen molar-refractivity contribution in [3.8, 4) is 23.3 Å². The zero-order valence-corrected chi connectivity index (χ0v) is 13.5. The van der Waals surface area contributed by atoms with Gasteiger partial charge in [0.2, 0.25) is 5.75 Å². The number of methoxy groups -OCH3 is 3. The Bertz CT molecular complexity index is 655. The van der Waals surface area contributed by atoms with Crippen LogP contribution in [0.25, 0.3) is 0 Å². The highest BCUT2D eigenvalue weighted by Crippen LogP contribution is 2.39. The Morgan fingerprint density at radius 3 is 2.09 bits per heavy atom. The smallest absolute Gasteiger partial charge is 0.203 e. The molecule has 5 nitrogen and oxygen atoms in total. The predicted molar refractivity (Wildman–Crippen MR) is 87.7 cm³/mol. The minimum Gasteiger partial charge on any atom is -0.493 e. The van der Waals surface area contributed by atoms with E-state index in [9.17, 15) is 5.26 Å². The Hall–Kier alpha value is -2.71. The van der Waals surface area contributed by atoms with Crippen molar-refractivity contribution in [3.63, 3.8) is 0 Å². The SMILES string of the molecule is COc1cc([C@H](C#N)NCc2ccccc2)cc(OC)c1OC. The van der Waals surface area contributed by atoms with Crippen LogP contribution >= 0.6 is 0 Å². The normalized spacial score (nSPS) is 11.4. The molecule has 23 heavy (non-hydrogen) atoms. The number of nitriles is 1. The highest BCUT2D eigenvalue weighted by molar-refractivity contribution is 5.55. The van der Waals surface area contributed by atoms with Crippen LogP contribution in [-0.4, -0.2) is 21.3 Å². The van der Waals surface area contributed by atoms with Crippen LogP contribution in [-0.2, 0) is 6.54 Å². The molecule has 2 aromatic rings. The average molecular weight is 312 g/mol. The summed E-state index contributed by atoms with van der Waals surface area (Å²) >= 11 is 0. The van der Waals surface area contributed by atoms with Gasteiger partial charge >= 0.3 is 0 Å². The number of ether oxygens (including phenoxy) is 3. The number of nitrogens with one attached hydrogen (secondary N) is 1. The van der Waals surface area contributed by atoms with Crippen molar-refractivity contribution in [1.82, 2.24) is 5.32 Å². The van der Waals surface area contributed by atoms with Crippen molar-refractivity contribution >= 4 is 0 Å². The standard InChI is InChI=1S/C18H20N2O3/c1-21-16-9-14(10-17(22-2)18(16)23-3)15(11-19)20-12-13-7-5-4-6-8-13/h4-10,15,20H,12H2,1-3H3/t15-/m0/s1. The van der Waals surface area contributed by atoms with E-state index in [1.54, 1.807) is 33.5 Å². The van der Waals surface area contributed by atoms with Gasteiger partial charge in [-0.2, -0.15) is 5.26 Å². The molecule has 2 aromatic carbocycles. The fourth-order valence-corrected chi connectivity index (χ4v) is 2.32. The van der Waals surface area contributed by atoms with Crippen LogP contribution in [0.1, 0.15) is 17.2 Å². The number of hydrogen-bond acceptors (Lipinski definition) is 5. The minimum absolute atomic E-state index is 0.482. The van der Waals surface area contributed by atoms with E-state index in [4.69, 9.17) is 14.2 Å². The molecule has 0 fully saturated rings. The third-order valence-corrected chi connectivity index (χ3v) is 3.50. The van der Waals surface area contributed by atoms with Crippen molar-refractivity contribution in [2.24, 2.45) is 0 Å². The van der Waals surface area contributed by atoms with Gasteiger partial charge in [-0.05, 0) is 23.3 Å². The third-order valence-electron chi connectivity index (χ3n) is 3.50. The van der Waals surface area contributed by atoms with Gasteiger partial charge in [0.1, 0.15) is 6.04 Å². The van der Waals surface area contributed by atoms with E-state index >= 15 is 0 Å². The van der Waals surface area contributed by atoms with Crippen LogP contribution in [0.3, 0.4) is 0 Å². The first kappa shape index (κ1) is 16.7. The largest absolute Gasteiger partial charge is 0.493 e. The van der Waals surface area contributed by atoms with E-state index < -0.39 is 6.04 Å². The highest BCUT2D eigenvalue weighted by Gasteiger charge is 2.18. The van der Waals surface area contributed by atoms with Gasteiger partial charge in [0, 0.05) is 6.54 Å². The molecule has 0 spiro atoms.